The molecule has 0 saturated carbocycles. The minimum atomic E-state index is 0.189. The van der Waals surface area contributed by atoms with Crippen molar-refractivity contribution in [2.45, 2.75) is 52.3 Å². The molecule has 0 bridgehead atoms. The number of benzene rings is 1. The van der Waals surface area contributed by atoms with Gasteiger partial charge in [-0.05, 0) is 44.4 Å². The first-order valence-corrected chi connectivity index (χ1v) is 7.79. The van der Waals surface area contributed by atoms with Gasteiger partial charge in [-0.3, -0.25) is 4.79 Å². The third-order valence-electron chi connectivity index (χ3n) is 3.83. The van der Waals surface area contributed by atoms with E-state index in [0.717, 1.165) is 38.2 Å². The summed E-state index contributed by atoms with van der Waals surface area (Å²) in [6.45, 7) is 8.31. The maximum absolute atomic E-state index is 11.3. The molecule has 0 aliphatic carbocycles. The molecule has 1 aliphatic heterocycles. The normalized spacial score (nSPS) is 16.3. The van der Waals surface area contributed by atoms with E-state index in [1.54, 1.807) is 6.92 Å². The number of nitrogens with zero attached hydrogens (tertiary/aromatic N) is 1. The Morgan fingerprint density at radius 1 is 1.29 bits per heavy atom. The van der Waals surface area contributed by atoms with Crippen LogP contribution in [0.15, 0.2) is 24.3 Å². The number of carbonyl (C=O) groups is 1. The van der Waals surface area contributed by atoms with Gasteiger partial charge in [0.25, 0.3) is 0 Å². The first kappa shape index (κ1) is 15.8. The van der Waals surface area contributed by atoms with Crippen LogP contribution in [0.2, 0.25) is 0 Å². The average Bonchev–Trinajstić information content (AvgIpc) is 2.46. The molecule has 1 aliphatic rings. The maximum Gasteiger partial charge on any atom is 0.219 e. The number of likely N-dealkylation sites (tertiary alicyclic amines) is 1. The molecule has 1 saturated heterocycles. The van der Waals surface area contributed by atoms with Gasteiger partial charge >= 0.3 is 0 Å². The van der Waals surface area contributed by atoms with Crippen LogP contribution in [0.4, 0.5) is 0 Å². The molecule has 1 N–H and O–H groups in total. The lowest BCUT2D eigenvalue weighted by atomic mass is 10.0. The van der Waals surface area contributed by atoms with E-state index in [4.69, 9.17) is 4.74 Å². The Morgan fingerprint density at radius 2 is 1.90 bits per heavy atom. The van der Waals surface area contributed by atoms with Gasteiger partial charge in [-0.2, -0.15) is 0 Å². The molecule has 116 valence electrons. The van der Waals surface area contributed by atoms with Crippen molar-refractivity contribution < 1.29 is 9.53 Å². The fourth-order valence-electron chi connectivity index (χ4n) is 2.62. The number of amides is 1. The first-order valence-electron chi connectivity index (χ1n) is 7.79. The molecular formula is C17H26N2O2. The van der Waals surface area contributed by atoms with Crippen molar-refractivity contribution in [3.8, 4) is 5.75 Å². The van der Waals surface area contributed by atoms with Gasteiger partial charge in [0.15, 0.2) is 0 Å². The molecule has 0 aromatic heterocycles. The van der Waals surface area contributed by atoms with Crippen molar-refractivity contribution in [2.75, 3.05) is 13.1 Å². The fourth-order valence-corrected chi connectivity index (χ4v) is 2.62. The van der Waals surface area contributed by atoms with Crippen molar-refractivity contribution >= 4 is 5.91 Å². The van der Waals surface area contributed by atoms with Crippen molar-refractivity contribution in [3.63, 3.8) is 0 Å². The highest BCUT2D eigenvalue weighted by molar-refractivity contribution is 5.73. The molecule has 0 atom stereocenters. The van der Waals surface area contributed by atoms with Gasteiger partial charge in [0, 0.05) is 32.6 Å². The predicted octanol–water partition coefficient (Wildman–Crippen LogP) is 2.57. The van der Waals surface area contributed by atoms with Crippen LogP contribution < -0.4 is 10.1 Å². The summed E-state index contributed by atoms with van der Waals surface area (Å²) in [5.74, 6) is 1.11. The second-order valence-electron chi connectivity index (χ2n) is 5.97. The number of carbonyl (C=O) groups excluding carboxylic acids is 1. The lowest BCUT2D eigenvalue weighted by Crippen LogP contribution is -2.43. The number of rotatable bonds is 5. The zero-order valence-electron chi connectivity index (χ0n) is 13.3. The van der Waals surface area contributed by atoms with Crippen molar-refractivity contribution in [3.05, 3.63) is 29.8 Å². The molecule has 1 aromatic carbocycles. The molecule has 0 radical (unpaired) electrons. The minimum absolute atomic E-state index is 0.189. The molecule has 4 nitrogen and oxygen atoms in total. The summed E-state index contributed by atoms with van der Waals surface area (Å²) < 4.78 is 5.64. The lowest BCUT2D eigenvalue weighted by Gasteiger charge is -2.31. The Kier molecular flexibility index (Phi) is 5.62. The van der Waals surface area contributed by atoms with E-state index in [1.165, 1.54) is 5.56 Å². The van der Waals surface area contributed by atoms with E-state index in [9.17, 15) is 4.79 Å². The van der Waals surface area contributed by atoms with E-state index < -0.39 is 0 Å². The number of hydrogen-bond acceptors (Lipinski definition) is 3. The Morgan fingerprint density at radius 3 is 2.43 bits per heavy atom. The van der Waals surface area contributed by atoms with Gasteiger partial charge in [-0.15, -0.1) is 0 Å². The van der Waals surface area contributed by atoms with Crippen LogP contribution in [0.3, 0.4) is 0 Å². The Labute approximate surface area is 127 Å². The van der Waals surface area contributed by atoms with Crippen molar-refractivity contribution in [1.82, 2.24) is 10.2 Å². The smallest absolute Gasteiger partial charge is 0.219 e. The highest BCUT2D eigenvalue weighted by Gasteiger charge is 2.19. The minimum Gasteiger partial charge on any atom is -0.491 e. The molecule has 21 heavy (non-hydrogen) atoms. The van der Waals surface area contributed by atoms with Gasteiger partial charge in [0.05, 0.1) is 6.10 Å². The van der Waals surface area contributed by atoms with Crippen LogP contribution in [-0.4, -0.2) is 36.0 Å². The first-order chi connectivity index (χ1) is 10.0. The van der Waals surface area contributed by atoms with Crippen molar-refractivity contribution in [2.24, 2.45) is 0 Å². The van der Waals surface area contributed by atoms with Crippen LogP contribution in [0.1, 0.15) is 39.2 Å². The van der Waals surface area contributed by atoms with Gasteiger partial charge in [0.2, 0.25) is 5.91 Å². The summed E-state index contributed by atoms with van der Waals surface area (Å²) in [5.41, 5.74) is 1.26. The van der Waals surface area contributed by atoms with Crippen LogP contribution in [0, 0.1) is 0 Å². The van der Waals surface area contributed by atoms with E-state index in [0.29, 0.717) is 6.04 Å². The second-order valence-corrected chi connectivity index (χ2v) is 5.97. The van der Waals surface area contributed by atoms with Crippen LogP contribution in [-0.2, 0) is 11.3 Å². The lowest BCUT2D eigenvalue weighted by molar-refractivity contribution is -0.129. The van der Waals surface area contributed by atoms with Gasteiger partial charge in [0.1, 0.15) is 5.75 Å². The molecule has 1 amide bonds. The Hall–Kier alpha value is -1.55. The van der Waals surface area contributed by atoms with E-state index in [1.807, 2.05) is 30.9 Å². The van der Waals surface area contributed by atoms with Crippen LogP contribution >= 0.6 is 0 Å². The molecule has 2 rings (SSSR count). The summed E-state index contributed by atoms with van der Waals surface area (Å²) in [6, 6.07) is 8.77. The predicted molar refractivity (Wildman–Crippen MR) is 84.3 cm³/mol. The van der Waals surface area contributed by atoms with Crippen LogP contribution in [0.5, 0.6) is 5.75 Å². The Balaban J connectivity index is 1.75. The number of piperidine rings is 1. The average molecular weight is 290 g/mol. The third kappa shape index (κ3) is 5.05. The van der Waals surface area contributed by atoms with Crippen LogP contribution in [0.25, 0.3) is 0 Å². The summed E-state index contributed by atoms with van der Waals surface area (Å²) in [4.78, 5) is 13.2. The number of nitrogens with one attached hydrogen (secondary N) is 1. The molecular weight excluding hydrogens is 264 g/mol. The standard InChI is InChI=1S/C17H26N2O2/c1-13(2)21-17-6-4-15(5-7-17)12-18-16-8-10-19(11-9-16)14(3)20/h4-7,13,16,18H,8-12H2,1-3H3. The largest absolute Gasteiger partial charge is 0.491 e. The van der Waals surface area contributed by atoms with Crippen molar-refractivity contribution in [1.29, 1.82) is 0 Å². The topological polar surface area (TPSA) is 41.6 Å². The summed E-state index contributed by atoms with van der Waals surface area (Å²) >= 11 is 0. The highest BCUT2D eigenvalue weighted by Crippen LogP contribution is 2.15. The zero-order valence-corrected chi connectivity index (χ0v) is 13.3. The van der Waals surface area contributed by atoms with E-state index >= 15 is 0 Å². The zero-order chi connectivity index (χ0) is 15.2. The highest BCUT2D eigenvalue weighted by atomic mass is 16.5. The summed E-state index contributed by atoms with van der Waals surface area (Å²) in [5, 5.41) is 3.58. The summed E-state index contributed by atoms with van der Waals surface area (Å²) in [7, 11) is 0. The number of ether oxygens (including phenoxy) is 1. The van der Waals surface area contributed by atoms with E-state index in [2.05, 4.69) is 17.4 Å². The molecule has 1 fully saturated rings. The summed E-state index contributed by atoms with van der Waals surface area (Å²) in [6.07, 6.45) is 2.28. The van der Waals surface area contributed by atoms with Gasteiger partial charge in [-0.1, -0.05) is 12.1 Å². The van der Waals surface area contributed by atoms with Gasteiger partial charge in [-0.25, -0.2) is 0 Å². The SMILES string of the molecule is CC(=O)N1CCC(NCc2ccc(OC(C)C)cc2)CC1. The van der Waals surface area contributed by atoms with E-state index in [-0.39, 0.29) is 12.0 Å². The van der Waals surface area contributed by atoms with Gasteiger partial charge < -0.3 is 15.0 Å². The molecule has 0 spiro atoms. The fraction of sp³-hybridized carbons (Fsp3) is 0.588. The molecule has 4 heteroatoms. The second kappa shape index (κ2) is 7.46. The monoisotopic (exact) mass is 290 g/mol. The maximum atomic E-state index is 11.3. The Bertz CT molecular complexity index is 448. The third-order valence-corrected chi connectivity index (χ3v) is 3.83. The molecule has 0 unspecified atom stereocenters. The molecule has 1 aromatic rings. The quantitative estimate of drug-likeness (QED) is 0.906. The number of hydrogen-bond donors (Lipinski definition) is 1. The molecule has 1 heterocycles.